The summed E-state index contributed by atoms with van der Waals surface area (Å²) in [5.74, 6) is -0.602. The molecule has 0 bridgehead atoms. The number of hydrogen-bond acceptors (Lipinski definition) is 2. The van der Waals surface area contributed by atoms with Gasteiger partial charge in [0.2, 0.25) is 0 Å². The molecule has 6 heteroatoms. The summed E-state index contributed by atoms with van der Waals surface area (Å²) in [7, 11) is 0. The molecule has 1 aromatic rings. The van der Waals surface area contributed by atoms with Gasteiger partial charge in [0.05, 0.1) is 4.90 Å². The highest BCUT2D eigenvalue weighted by molar-refractivity contribution is 7.79. The Labute approximate surface area is 81.3 Å². The van der Waals surface area contributed by atoms with Crippen molar-refractivity contribution in [3.8, 4) is 0 Å². The lowest BCUT2D eigenvalue weighted by Crippen LogP contribution is -2.00. The predicted molar refractivity (Wildman–Crippen MR) is 48.1 cm³/mol. The van der Waals surface area contributed by atoms with Crippen molar-refractivity contribution >= 4 is 27.9 Å². The second-order valence-electron chi connectivity index (χ2n) is 2.20. The summed E-state index contributed by atoms with van der Waals surface area (Å²) < 4.78 is 32.0. The summed E-state index contributed by atoms with van der Waals surface area (Å²) in [6, 6.07) is 3.10. The van der Waals surface area contributed by atoms with Gasteiger partial charge >= 0.3 is 0 Å². The quantitative estimate of drug-likeness (QED) is 0.593. The van der Waals surface area contributed by atoms with E-state index in [1.807, 2.05) is 0 Å². The lowest BCUT2D eigenvalue weighted by atomic mass is 10.2. The molecule has 0 saturated heterocycles. The van der Waals surface area contributed by atoms with Crippen LogP contribution in [0, 0.1) is 11.2 Å². The van der Waals surface area contributed by atoms with Gasteiger partial charge in [-0.05, 0) is 18.2 Å². The van der Waals surface area contributed by atoms with Gasteiger partial charge in [-0.1, -0.05) is 11.6 Å². The van der Waals surface area contributed by atoms with Gasteiger partial charge < -0.3 is 4.55 Å². The maximum absolute atomic E-state index is 12.6. The number of nitrogens with one attached hydrogen (secondary N) is 1. The number of rotatable bonds is 2. The van der Waals surface area contributed by atoms with Crippen LogP contribution in [-0.4, -0.2) is 13.9 Å². The molecule has 1 rings (SSSR count). The summed E-state index contributed by atoms with van der Waals surface area (Å²) in [5, 5.41) is 6.56. The van der Waals surface area contributed by atoms with Crippen LogP contribution in [0.5, 0.6) is 0 Å². The minimum Gasteiger partial charge on any atom is -0.302 e. The van der Waals surface area contributed by atoms with Crippen LogP contribution in [0.3, 0.4) is 0 Å². The van der Waals surface area contributed by atoms with Crippen LogP contribution >= 0.6 is 11.6 Å². The standard InChI is InChI=1S/C7H5ClFNO2S/c8-7(10)5-3-4(9)1-2-6(5)13(11)12/h1-3,10H,(H,11,12). The minimum atomic E-state index is -2.26. The molecule has 0 aliphatic rings. The van der Waals surface area contributed by atoms with E-state index >= 15 is 0 Å². The van der Waals surface area contributed by atoms with Crippen LogP contribution in [0.4, 0.5) is 4.39 Å². The summed E-state index contributed by atoms with van der Waals surface area (Å²) in [6.45, 7) is 0. The van der Waals surface area contributed by atoms with Crippen molar-refractivity contribution in [3.63, 3.8) is 0 Å². The van der Waals surface area contributed by atoms with Crippen LogP contribution in [0.1, 0.15) is 5.56 Å². The largest absolute Gasteiger partial charge is 0.302 e. The zero-order chi connectivity index (χ0) is 10.0. The number of halogens is 2. The van der Waals surface area contributed by atoms with Gasteiger partial charge in [-0.25, -0.2) is 8.60 Å². The third kappa shape index (κ3) is 2.33. The van der Waals surface area contributed by atoms with E-state index in [1.165, 1.54) is 0 Å². The third-order valence-corrected chi connectivity index (χ3v) is 2.30. The topological polar surface area (TPSA) is 61.2 Å². The molecule has 1 unspecified atom stereocenters. The first-order chi connectivity index (χ1) is 6.02. The monoisotopic (exact) mass is 221 g/mol. The lowest BCUT2D eigenvalue weighted by Gasteiger charge is -2.02. The molecule has 0 amide bonds. The molecule has 1 aromatic carbocycles. The average molecular weight is 222 g/mol. The molecule has 2 N–H and O–H groups in total. The second-order valence-corrected chi connectivity index (χ2v) is 3.52. The Morgan fingerprint density at radius 1 is 1.62 bits per heavy atom. The molecular weight excluding hydrogens is 217 g/mol. The van der Waals surface area contributed by atoms with Crippen molar-refractivity contribution in [3.05, 3.63) is 29.6 Å². The van der Waals surface area contributed by atoms with E-state index < -0.39 is 22.1 Å². The molecule has 0 aliphatic heterocycles. The van der Waals surface area contributed by atoms with Crippen molar-refractivity contribution in [2.45, 2.75) is 4.90 Å². The Morgan fingerprint density at radius 2 is 2.23 bits per heavy atom. The molecule has 70 valence electrons. The summed E-state index contributed by atoms with van der Waals surface area (Å²) in [5.41, 5.74) is -0.0671. The first-order valence-corrected chi connectivity index (χ1v) is 4.65. The van der Waals surface area contributed by atoms with E-state index in [-0.39, 0.29) is 10.5 Å². The fraction of sp³-hybridized carbons (Fsp3) is 0. The minimum absolute atomic E-state index is 0.0671. The highest BCUT2D eigenvalue weighted by atomic mass is 35.5. The van der Waals surface area contributed by atoms with Crippen molar-refractivity contribution in [1.82, 2.24) is 0 Å². The van der Waals surface area contributed by atoms with Crippen LogP contribution in [0.15, 0.2) is 23.1 Å². The maximum Gasteiger partial charge on any atom is 0.187 e. The normalized spacial score (nSPS) is 12.5. The van der Waals surface area contributed by atoms with E-state index in [9.17, 15) is 8.60 Å². The van der Waals surface area contributed by atoms with Crippen molar-refractivity contribution in [2.24, 2.45) is 0 Å². The predicted octanol–water partition coefficient (Wildman–Crippen LogP) is 1.97. The fourth-order valence-corrected chi connectivity index (χ4v) is 1.57. The number of benzene rings is 1. The molecule has 3 nitrogen and oxygen atoms in total. The first-order valence-electron chi connectivity index (χ1n) is 3.17. The second kappa shape index (κ2) is 3.95. The highest BCUT2D eigenvalue weighted by Gasteiger charge is 2.11. The molecule has 0 saturated carbocycles. The molecule has 0 fully saturated rings. The number of hydrogen-bond donors (Lipinski definition) is 2. The van der Waals surface area contributed by atoms with Crippen molar-refractivity contribution < 1.29 is 13.2 Å². The SMILES string of the molecule is N=C(Cl)c1cc(F)ccc1S(=O)O. The summed E-state index contributed by atoms with van der Waals surface area (Å²) in [6.07, 6.45) is 0. The van der Waals surface area contributed by atoms with E-state index in [4.69, 9.17) is 21.6 Å². The van der Waals surface area contributed by atoms with Gasteiger partial charge in [-0.15, -0.1) is 0 Å². The maximum atomic E-state index is 12.6. The molecule has 0 spiro atoms. The Balaban J connectivity index is 3.35. The fourth-order valence-electron chi connectivity index (χ4n) is 0.826. The van der Waals surface area contributed by atoms with E-state index in [0.717, 1.165) is 18.2 Å². The zero-order valence-corrected chi connectivity index (χ0v) is 7.82. The van der Waals surface area contributed by atoms with E-state index in [0.29, 0.717) is 0 Å². The Bertz CT molecular complexity index is 383. The Hall–Kier alpha value is -0.780. The zero-order valence-electron chi connectivity index (χ0n) is 6.25. The van der Waals surface area contributed by atoms with E-state index in [1.54, 1.807) is 0 Å². The van der Waals surface area contributed by atoms with Gasteiger partial charge in [0.15, 0.2) is 11.1 Å². The molecule has 0 aromatic heterocycles. The van der Waals surface area contributed by atoms with Crippen molar-refractivity contribution in [1.29, 1.82) is 5.41 Å². The average Bonchev–Trinajstić information content (AvgIpc) is 2.03. The molecule has 0 radical (unpaired) electrons. The van der Waals surface area contributed by atoms with Crippen LogP contribution in [-0.2, 0) is 11.1 Å². The van der Waals surface area contributed by atoms with E-state index in [2.05, 4.69) is 0 Å². The Morgan fingerprint density at radius 3 is 2.69 bits per heavy atom. The van der Waals surface area contributed by atoms with Gasteiger partial charge in [-0.2, -0.15) is 0 Å². The smallest absolute Gasteiger partial charge is 0.187 e. The molecule has 0 heterocycles. The van der Waals surface area contributed by atoms with Crippen molar-refractivity contribution in [2.75, 3.05) is 0 Å². The van der Waals surface area contributed by atoms with Gasteiger partial charge in [0.25, 0.3) is 0 Å². The summed E-state index contributed by atoms with van der Waals surface area (Å²) >= 11 is 3.03. The molecule has 1 atom stereocenters. The lowest BCUT2D eigenvalue weighted by molar-refractivity contribution is 0.563. The Kier molecular flexibility index (Phi) is 3.13. The van der Waals surface area contributed by atoms with Gasteiger partial charge in [0.1, 0.15) is 11.0 Å². The third-order valence-electron chi connectivity index (χ3n) is 1.37. The van der Waals surface area contributed by atoms with Crippen LogP contribution in [0.2, 0.25) is 0 Å². The van der Waals surface area contributed by atoms with Crippen LogP contribution < -0.4 is 0 Å². The van der Waals surface area contributed by atoms with Gasteiger partial charge in [0, 0.05) is 5.56 Å². The summed E-state index contributed by atoms with van der Waals surface area (Å²) in [4.78, 5) is -0.0681. The van der Waals surface area contributed by atoms with Gasteiger partial charge in [-0.3, -0.25) is 5.41 Å². The molecule has 13 heavy (non-hydrogen) atoms. The molecular formula is C7H5ClFNO2S. The molecule has 0 aliphatic carbocycles. The highest BCUT2D eigenvalue weighted by Crippen LogP contribution is 2.16. The first kappa shape index (κ1) is 10.3. The van der Waals surface area contributed by atoms with Crippen LogP contribution in [0.25, 0.3) is 0 Å².